The van der Waals surface area contributed by atoms with Crippen LogP contribution in [0.4, 0.5) is 0 Å². The standard InChI is InChI=1S/C12H20N2/c1-3-11(4-2)14-8-10-6-5-7-13-12(10)9-14/h1,10-13H,4-9H2,2H3/t10-,11?,12+/m0/s1. The van der Waals surface area contributed by atoms with E-state index in [1.54, 1.807) is 0 Å². The van der Waals surface area contributed by atoms with Gasteiger partial charge in [-0.3, -0.25) is 4.90 Å². The van der Waals surface area contributed by atoms with E-state index in [0.717, 1.165) is 18.9 Å². The third kappa shape index (κ3) is 1.80. The number of rotatable bonds is 2. The molecule has 0 aromatic carbocycles. The van der Waals surface area contributed by atoms with Gasteiger partial charge >= 0.3 is 0 Å². The number of hydrogen-bond acceptors (Lipinski definition) is 2. The highest BCUT2D eigenvalue weighted by Crippen LogP contribution is 2.26. The van der Waals surface area contributed by atoms with Crippen LogP contribution in [0.25, 0.3) is 0 Å². The van der Waals surface area contributed by atoms with Crippen LogP contribution in [0.1, 0.15) is 26.2 Å². The zero-order valence-corrected chi connectivity index (χ0v) is 9.00. The normalized spacial score (nSPS) is 34.9. The molecule has 0 saturated carbocycles. The van der Waals surface area contributed by atoms with E-state index in [1.807, 2.05) is 0 Å². The van der Waals surface area contributed by atoms with Crippen LogP contribution < -0.4 is 5.32 Å². The van der Waals surface area contributed by atoms with Gasteiger partial charge in [-0.2, -0.15) is 0 Å². The van der Waals surface area contributed by atoms with E-state index in [9.17, 15) is 0 Å². The van der Waals surface area contributed by atoms with Crippen LogP contribution >= 0.6 is 0 Å². The molecule has 0 aromatic heterocycles. The molecule has 0 aromatic rings. The minimum Gasteiger partial charge on any atom is -0.312 e. The molecule has 2 rings (SSSR count). The van der Waals surface area contributed by atoms with Crippen LogP contribution in [0.5, 0.6) is 0 Å². The maximum atomic E-state index is 5.54. The molecule has 2 nitrogen and oxygen atoms in total. The highest BCUT2D eigenvalue weighted by Gasteiger charge is 2.36. The fraction of sp³-hybridized carbons (Fsp3) is 0.833. The number of hydrogen-bond donors (Lipinski definition) is 1. The molecule has 0 radical (unpaired) electrons. The van der Waals surface area contributed by atoms with Crippen LogP contribution in [0.15, 0.2) is 0 Å². The molecule has 78 valence electrons. The summed E-state index contributed by atoms with van der Waals surface area (Å²) in [7, 11) is 0. The van der Waals surface area contributed by atoms with E-state index < -0.39 is 0 Å². The number of terminal acetylenes is 1. The van der Waals surface area contributed by atoms with Crippen molar-refractivity contribution in [3.63, 3.8) is 0 Å². The Hall–Kier alpha value is -0.520. The Labute approximate surface area is 87.1 Å². The van der Waals surface area contributed by atoms with Crippen molar-refractivity contribution in [1.82, 2.24) is 10.2 Å². The quantitative estimate of drug-likeness (QED) is 0.659. The highest BCUT2D eigenvalue weighted by atomic mass is 15.2. The Balaban J connectivity index is 1.95. The first kappa shape index (κ1) is 10.0. The topological polar surface area (TPSA) is 15.3 Å². The molecule has 2 fully saturated rings. The third-order valence-electron chi connectivity index (χ3n) is 3.65. The lowest BCUT2D eigenvalue weighted by molar-refractivity contribution is 0.273. The van der Waals surface area contributed by atoms with Gasteiger partial charge in [-0.25, -0.2) is 0 Å². The second-order valence-corrected chi connectivity index (χ2v) is 4.51. The molecule has 2 aliphatic rings. The predicted octanol–water partition coefficient (Wildman–Crippen LogP) is 1.08. The zero-order valence-electron chi connectivity index (χ0n) is 9.00. The van der Waals surface area contributed by atoms with E-state index in [-0.39, 0.29) is 0 Å². The summed E-state index contributed by atoms with van der Waals surface area (Å²) in [5, 5.41) is 3.60. The molecule has 14 heavy (non-hydrogen) atoms. The number of nitrogens with zero attached hydrogens (tertiary/aromatic N) is 1. The van der Waals surface area contributed by atoms with Crippen molar-refractivity contribution in [2.24, 2.45) is 5.92 Å². The van der Waals surface area contributed by atoms with Gasteiger partial charge in [0.05, 0.1) is 6.04 Å². The molecule has 0 amide bonds. The Morgan fingerprint density at radius 2 is 2.43 bits per heavy atom. The first-order valence-corrected chi connectivity index (χ1v) is 5.78. The minimum atomic E-state index is 0.363. The van der Waals surface area contributed by atoms with Crippen molar-refractivity contribution in [3.05, 3.63) is 0 Å². The monoisotopic (exact) mass is 192 g/mol. The highest BCUT2D eigenvalue weighted by molar-refractivity contribution is 5.04. The second-order valence-electron chi connectivity index (χ2n) is 4.51. The molecule has 2 saturated heterocycles. The summed E-state index contributed by atoms with van der Waals surface area (Å²) in [6, 6.07) is 1.08. The summed E-state index contributed by atoms with van der Waals surface area (Å²) in [4.78, 5) is 2.48. The number of fused-ring (bicyclic) bond motifs is 1. The molecule has 1 N–H and O–H groups in total. The van der Waals surface area contributed by atoms with Crippen molar-refractivity contribution in [2.45, 2.75) is 38.3 Å². The van der Waals surface area contributed by atoms with Gasteiger partial charge in [0.1, 0.15) is 0 Å². The Morgan fingerprint density at radius 1 is 1.57 bits per heavy atom. The van der Waals surface area contributed by atoms with Gasteiger partial charge in [0.15, 0.2) is 0 Å². The Bertz CT molecular complexity index is 217. The molecule has 2 aliphatic heterocycles. The number of piperidine rings is 1. The van der Waals surface area contributed by atoms with E-state index >= 15 is 0 Å². The second kappa shape index (κ2) is 4.33. The molecule has 0 spiro atoms. The van der Waals surface area contributed by atoms with Gasteiger partial charge in [-0.05, 0) is 31.7 Å². The lowest BCUT2D eigenvalue weighted by atomic mass is 9.94. The zero-order chi connectivity index (χ0) is 9.97. The fourth-order valence-electron chi connectivity index (χ4n) is 2.82. The summed E-state index contributed by atoms with van der Waals surface area (Å²) in [5.41, 5.74) is 0. The van der Waals surface area contributed by atoms with Crippen LogP contribution in [0, 0.1) is 18.3 Å². The first-order chi connectivity index (χ1) is 6.85. The van der Waals surface area contributed by atoms with E-state index in [2.05, 4.69) is 23.1 Å². The average molecular weight is 192 g/mol. The first-order valence-electron chi connectivity index (χ1n) is 5.78. The summed E-state index contributed by atoms with van der Waals surface area (Å²) in [6.45, 7) is 5.75. The van der Waals surface area contributed by atoms with Gasteiger partial charge in [-0.1, -0.05) is 12.8 Å². The van der Waals surface area contributed by atoms with Gasteiger partial charge < -0.3 is 5.32 Å². The number of nitrogens with one attached hydrogen (secondary N) is 1. The van der Waals surface area contributed by atoms with Crippen molar-refractivity contribution in [1.29, 1.82) is 0 Å². The summed E-state index contributed by atoms with van der Waals surface area (Å²) < 4.78 is 0. The van der Waals surface area contributed by atoms with Crippen LogP contribution in [0.2, 0.25) is 0 Å². The smallest absolute Gasteiger partial charge is 0.0709 e. The van der Waals surface area contributed by atoms with Gasteiger partial charge in [-0.15, -0.1) is 6.42 Å². The van der Waals surface area contributed by atoms with Crippen LogP contribution in [0.3, 0.4) is 0 Å². The van der Waals surface area contributed by atoms with Crippen LogP contribution in [-0.4, -0.2) is 36.6 Å². The molecular formula is C12H20N2. The Morgan fingerprint density at radius 3 is 3.07 bits per heavy atom. The molecular weight excluding hydrogens is 172 g/mol. The van der Waals surface area contributed by atoms with E-state index in [1.165, 1.54) is 25.9 Å². The van der Waals surface area contributed by atoms with Crippen molar-refractivity contribution < 1.29 is 0 Å². The molecule has 2 heterocycles. The van der Waals surface area contributed by atoms with Gasteiger partial charge in [0.25, 0.3) is 0 Å². The lowest BCUT2D eigenvalue weighted by Gasteiger charge is -2.24. The van der Waals surface area contributed by atoms with Crippen molar-refractivity contribution >= 4 is 0 Å². The molecule has 0 bridgehead atoms. The van der Waals surface area contributed by atoms with Gasteiger partial charge in [0.2, 0.25) is 0 Å². The molecule has 0 aliphatic carbocycles. The van der Waals surface area contributed by atoms with Crippen molar-refractivity contribution in [3.8, 4) is 12.3 Å². The van der Waals surface area contributed by atoms with E-state index in [0.29, 0.717) is 12.1 Å². The van der Waals surface area contributed by atoms with Crippen molar-refractivity contribution in [2.75, 3.05) is 19.6 Å². The molecule has 1 unspecified atom stereocenters. The summed E-state index contributed by atoms with van der Waals surface area (Å²) in [5.74, 6) is 3.75. The average Bonchev–Trinajstić information content (AvgIpc) is 2.63. The fourth-order valence-corrected chi connectivity index (χ4v) is 2.82. The predicted molar refractivity (Wildman–Crippen MR) is 59.0 cm³/mol. The number of likely N-dealkylation sites (tertiary alicyclic amines) is 1. The summed E-state index contributed by atoms with van der Waals surface area (Å²) >= 11 is 0. The summed E-state index contributed by atoms with van der Waals surface area (Å²) in [6.07, 6.45) is 9.34. The third-order valence-corrected chi connectivity index (χ3v) is 3.65. The largest absolute Gasteiger partial charge is 0.312 e. The SMILES string of the molecule is C#CC(CC)N1C[C@@H]2CCCN[C@@H]2C1. The lowest BCUT2D eigenvalue weighted by Crippen LogP contribution is -2.41. The molecule has 3 atom stereocenters. The van der Waals surface area contributed by atoms with E-state index in [4.69, 9.17) is 6.42 Å². The molecule has 2 heteroatoms. The van der Waals surface area contributed by atoms with Crippen LogP contribution in [-0.2, 0) is 0 Å². The van der Waals surface area contributed by atoms with Gasteiger partial charge in [0, 0.05) is 19.1 Å². The minimum absolute atomic E-state index is 0.363. The maximum Gasteiger partial charge on any atom is 0.0709 e. The maximum absolute atomic E-state index is 5.54. The Kier molecular flexibility index (Phi) is 3.10.